The van der Waals surface area contributed by atoms with Gasteiger partial charge in [0.15, 0.2) is 0 Å². The van der Waals surface area contributed by atoms with Gasteiger partial charge in [-0.2, -0.15) is 0 Å². The van der Waals surface area contributed by atoms with Crippen LogP contribution in [-0.2, 0) is 6.42 Å². The fourth-order valence-electron chi connectivity index (χ4n) is 1.20. The van der Waals surface area contributed by atoms with Crippen LogP contribution in [0.15, 0.2) is 17.5 Å². The molecule has 0 spiro atoms. The third-order valence-corrected chi connectivity index (χ3v) is 2.90. The molecule has 80 valence electrons. The van der Waals surface area contributed by atoms with Crippen molar-refractivity contribution in [3.8, 4) is 0 Å². The Morgan fingerprint density at radius 3 is 2.93 bits per heavy atom. The van der Waals surface area contributed by atoms with Gasteiger partial charge in [0.25, 0.3) is 0 Å². The second-order valence-corrected chi connectivity index (χ2v) is 4.46. The summed E-state index contributed by atoms with van der Waals surface area (Å²) in [5, 5.41) is 23.0. The van der Waals surface area contributed by atoms with Crippen LogP contribution in [0.25, 0.3) is 0 Å². The Hall–Kier alpha value is -0.420. The van der Waals surface area contributed by atoms with Crippen molar-refractivity contribution in [2.75, 3.05) is 13.2 Å². The summed E-state index contributed by atoms with van der Waals surface area (Å²) >= 11 is 1.74. The average molecular weight is 215 g/mol. The van der Waals surface area contributed by atoms with Crippen molar-refractivity contribution < 1.29 is 10.2 Å². The van der Waals surface area contributed by atoms with Crippen LogP contribution in [0.4, 0.5) is 0 Å². The fraction of sp³-hybridized carbons (Fsp3) is 0.600. The van der Waals surface area contributed by atoms with Crippen LogP contribution in [0, 0.1) is 0 Å². The van der Waals surface area contributed by atoms with Crippen molar-refractivity contribution in [2.24, 2.45) is 0 Å². The highest BCUT2D eigenvalue weighted by molar-refractivity contribution is 7.09. The van der Waals surface area contributed by atoms with E-state index in [-0.39, 0.29) is 6.61 Å². The number of aliphatic hydroxyl groups is 2. The normalized spacial score (nSPS) is 15.4. The van der Waals surface area contributed by atoms with Crippen LogP contribution >= 0.6 is 11.3 Å². The van der Waals surface area contributed by atoms with E-state index >= 15 is 0 Å². The number of nitrogens with one attached hydrogen (secondary N) is 1. The highest BCUT2D eigenvalue weighted by atomic mass is 32.1. The Morgan fingerprint density at radius 2 is 2.36 bits per heavy atom. The maximum absolute atomic E-state index is 9.12. The molecule has 0 amide bonds. The average Bonchev–Trinajstić information content (AvgIpc) is 2.66. The standard InChI is InChI=1S/C10H17NO2S/c1-8(11-6-9(13)7-12)5-10-3-2-4-14-10/h2-4,8-9,11-13H,5-7H2,1H3/t8?,9-/m0/s1. The quantitative estimate of drug-likeness (QED) is 0.652. The minimum Gasteiger partial charge on any atom is -0.394 e. The predicted octanol–water partition coefficient (Wildman–Crippen LogP) is 0.622. The van der Waals surface area contributed by atoms with Gasteiger partial charge in [-0.3, -0.25) is 0 Å². The van der Waals surface area contributed by atoms with E-state index in [1.165, 1.54) is 4.88 Å². The van der Waals surface area contributed by atoms with Crippen LogP contribution in [0.5, 0.6) is 0 Å². The third-order valence-electron chi connectivity index (χ3n) is 2.00. The molecule has 0 saturated heterocycles. The van der Waals surface area contributed by atoms with E-state index < -0.39 is 6.10 Å². The summed E-state index contributed by atoms with van der Waals surface area (Å²) in [7, 11) is 0. The first-order valence-electron chi connectivity index (χ1n) is 4.77. The molecule has 0 saturated carbocycles. The van der Waals surface area contributed by atoms with Crippen molar-refractivity contribution in [3.63, 3.8) is 0 Å². The third kappa shape index (κ3) is 4.19. The molecule has 0 aliphatic rings. The van der Waals surface area contributed by atoms with Crippen molar-refractivity contribution in [1.29, 1.82) is 0 Å². The molecule has 0 radical (unpaired) electrons. The fourth-order valence-corrected chi connectivity index (χ4v) is 2.04. The topological polar surface area (TPSA) is 52.5 Å². The largest absolute Gasteiger partial charge is 0.394 e. The number of hydrogen-bond acceptors (Lipinski definition) is 4. The first-order valence-corrected chi connectivity index (χ1v) is 5.65. The zero-order valence-electron chi connectivity index (χ0n) is 8.31. The van der Waals surface area contributed by atoms with Crippen molar-refractivity contribution >= 4 is 11.3 Å². The van der Waals surface area contributed by atoms with Gasteiger partial charge in [-0.25, -0.2) is 0 Å². The Bertz CT molecular complexity index is 238. The molecule has 0 bridgehead atoms. The Kier molecular flexibility index (Phi) is 5.11. The van der Waals surface area contributed by atoms with Gasteiger partial charge in [0.1, 0.15) is 0 Å². The number of hydrogen-bond donors (Lipinski definition) is 3. The molecule has 0 fully saturated rings. The van der Waals surface area contributed by atoms with Gasteiger partial charge in [-0.1, -0.05) is 6.07 Å². The molecule has 14 heavy (non-hydrogen) atoms. The number of thiophene rings is 1. The monoisotopic (exact) mass is 215 g/mol. The van der Waals surface area contributed by atoms with E-state index in [9.17, 15) is 0 Å². The molecule has 1 heterocycles. The lowest BCUT2D eigenvalue weighted by Crippen LogP contribution is -2.36. The van der Waals surface area contributed by atoms with Gasteiger partial charge < -0.3 is 15.5 Å². The predicted molar refractivity (Wildman–Crippen MR) is 58.6 cm³/mol. The van der Waals surface area contributed by atoms with E-state index in [2.05, 4.69) is 23.7 Å². The van der Waals surface area contributed by atoms with Gasteiger partial charge in [0, 0.05) is 17.5 Å². The van der Waals surface area contributed by atoms with Crippen LogP contribution in [0.1, 0.15) is 11.8 Å². The van der Waals surface area contributed by atoms with E-state index in [0.717, 1.165) is 6.42 Å². The highest BCUT2D eigenvalue weighted by Gasteiger charge is 2.06. The highest BCUT2D eigenvalue weighted by Crippen LogP contribution is 2.10. The van der Waals surface area contributed by atoms with Gasteiger partial charge in [-0.15, -0.1) is 11.3 Å². The molecule has 1 rings (SSSR count). The summed E-state index contributed by atoms with van der Waals surface area (Å²) < 4.78 is 0. The van der Waals surface area contributed by atoms with E-state index in [1.807, 2.05) is 6.07 Å². The van der Waals surface area contributed by atoms with Gasteiger partial charge >= 0.3 is 0 Å². The van der Waals surface area contributed by atoms with E-state index in [1.54, 1.807) is 11.3 Å². The van der Waals surface area contributed by atoms with Gasteiger partial charge in [0.05, 0.1) is 12.7 Å². The molecule has 1 aromatic rings. The lowest BCUT2D eigenvalue weighted by atomic mass is 10.2. The lowest BCUT2D eigenvalue weighted by Gasteiger charge is -2.14. The molecule has 1 aromatic heterocycles. The summed E-state index contributed by atoms with van der Waals surface area (Å²) in [5.74, 6) is 0. The molecule has 1 unspecified atom stereocenters. The summed E-state index contributed by atoms with van der Waals surface area (Å²) in [6, 6.07) is 4.47. The summed E-state index contributed by atoms with van der Waals surface area (Å²) in [5.41, 5.74) is 0. The minimum absolute atomic E-state index is 0.182. The maximum atomic E-state index is 9.12. The summed E-state index contributed by atoms with van der Waals surface area (Å²) in [6.07, 6.45) is 0.316. The van der Waals surface area contributed by atoms with Gasteiger partial charge in [-0.05, 0) is 24.8 Å². The van der Waals surface area contributed by atoms with Crippen LogP contribution in [-0.4, -0.2) is 35.5 Å². The molecule has 2 atom stereocenters. The van der Waals surface area contributed by atoms with Crippen LogP contribution in [0.2, 0.25) is 0 Å². The molecule has 3 nitrogen and oxygen atoms in total. The molecule has 0 aliphatic heterocycles. The first kappa shape index (κ1) is 11.7. The van der Waals surface area contributed by atoms with Crippen LogP contribution in [0.3, 0.4) is 0 Å². The smallest absolute Gasteiger partial charge is 0.0895 e. The minimum atomic E-state index is -0.652. The number of rotatable bonds is 6. The van der Waals surface area contributed by atoms with E-state index in [0.29, 0.717) is 12.6 Å². The summed E-state index contributed by atoms with van der Waals surface area (Å²) in [6.45, 7) is 2.34. The lowest BCUT2D eigenvalue weighted by molar-refractivity contribution is 0.0924. The maximum Gasteiger partial charge on any atom is 0.0895 e. The van der Waals surface area contributed by atoms with Crippen LogP contribution < -0.4 is 5.32 Å². The Morgan fingerprint density at radius 1 is 1.57 bits per heavy atom. The zero-order valence-corrected chi connectivity index (χ0v) is 9.13. The van der Waals surface area contributed by atoms with Gasteiger partial charge in [0.2, 0.25) is 0 Å². The van der Waals surface area contributed by atoms with Crippen molar-refractivity contribution in [1.82, 2.24) is 5.32 Å². The molecule has 4 heteroatoms. The molecular formula is C10H17NO2S. The van der Waals surface area contributed by atoms with Crippen molar-refractivity contribution in [3.05, 3.63) is 22.4 Å². The second kappa shape index (κ2) is 6.14. The second-order valence-electron chi connectivity index (χ2n) is 3.43. The first-order chi connectivity index (χ1) is 6.72. The van der Waals surface area contributed by atoms with Crippen molar-refractivity contribution in [2.45, 2.75) is 25.5 Å². The Labute approximate surface area is 88.4 Å². The molecule has 3 N–H and O–H groups in total. The SMILES string of the molecule is CC(Cc1cccs1)NC[C@H](O)CO. The molecule has 0 aromatic carbocycles. The number of aliphatic hydroxyl groups excluding tert-OH is 2. The zero-order chi connectivity index (χ0) is 10.4. The molecular weight excluding hydrogens is 198 g/mol. The summed E-state index contributed by atoms with van der Waals surface area (Å²) in [4.78, 5) is 1.34. The molecule has 0 aliphatic carbocycles. The Balaban J connectivity index is 2.19. The van der Waals surface area contributed by atoms with E-state index in [4.69, 9.17) is 10.2 Å².